The van der Waals surface area contributed by atoms with Gasteiger partial charge in [0.25, 0.3) is 11.8 Å². The highest BCUT2D eigenvalue weighted by molar-refractivity contribution is 5.95. The molecule has 3 amide bonds. The first kappa shape index (κ1) is 18.6. The molecule has 8 heteroatoms. The van der Waals surface area contributed by atoms with Crippen LogP contribution >= 0.6 is 0 Å². The highest BCUT2D eigenvalue weighted by Gasteiger charge is 2.08. The van der Waals surface area contributed by atoms with E-state index in [4.69, 9.17) is 10.00 Å². The number of benzene rings is 2. The first-order valence-electron chi connectivity index (χ1n) is 7.60. The molecular formula is C18H16N4O4. The van der Waals surface area contributed by atoms with Crippen molar-refractivity contribution in [3.63, 3.8) is 0 Å². The van der Waals surface area contributed by atoms with Crippen LogP contribution in [-0.2, 0) is 14.3 Å². The van der Waals surface area contributed by atoms with Gasteiger partial charge in [-0.15, -0.1) is 0 Å². The fourth-order valence-electron chi connectivity index (χ4n) is 1.89. The van der Waals surface area contributed by atoms with E-state index in [-0.39, 0.29) is 6.61 Å². The third-order valence-electron chi connectivity index (χ3n) is 3.12. The molecule has 0 bridgehead atoms. The molecule has 0 radical (unpaired) electrons. The molecule has 26 heavy (non-hydrogen) atoms. The van der Waals surface area contributed by atoms with E-state index in [1.807, 2.05) is 6.07 Å². The third kappa shape index (κ3) is 6.07. The molecule has 3 N–H and O–H groups in total. The Morgan fingerprint density at radius 2 is 1.54 bits per heavy atom. The van der Waals surface area contributed by atoms with Crippen LogP contribution in [0.15, 0.2) is 54.6 Å². The lowest BCUT2D eigenvalue weighted by Crippen LogP contribution is -2.43. The van der Waals surface area contributed by atoms with Gasteiger partial charge in [-0.05, 0) is 36.4 Å². The van der Waals surface area contributed by atoms with Gasteiger partial charge < -0.3 is 10.1 Å². The Labute approximate surface area is 149 Å². The van der Waals surface area contributed by atoms with Crippen LogP contribution in [0.5, 0.6) is 0 Å². The van der Waals surface area contributed by atoms with Crippen molar-refractivity contribution in [2.45, 2.75) is 0 Å². The summed E-state index contributed by atoms with van der Waals surface area (Å²) in [4.78, 5) is 35.0. The molecule has 0 aliphatic heterocycles. The summed E-state index contributed by atoms with van der Waals surface area (Å²) in [5, 5.41) is 11.3. The van der Waals surface area contributed by atoms with E-state index in [1.54, 1.807) is 54.6 Å². The van der Waals surface area contributed by atoms with Gasteiger partial charge in [-0.25, -0.2) is 0 Å². The predicted molar refractivity (Wildman–Crippen MR) is 92.7 cm³/mol. The van der Waals surface area contributed by atoms with Gasteiger partial charge in [0.2, 0.25) is 5.91 Å². The van der Waals surface area contributed by atoms with Gasteiger partial charge in [-0.3, -0.25) is 25.2 Å². The summed E-state index contributed by atoms with van der Waals surface area (Å²) in [6.45, 7) is -0.726. The molecule has 0 atom stereocenters. The Kier molecular flexibility index (Phi) is 6.85. The van der Waals surface area contributed by atoms with Crippen LogP contribution in [0.25, 0.3) is 0 Å². The van der Waals surface area contributed by atoms with Gasteiger partial charge in [0, 0.05) is 11.3 Å². The zero-order valence-electron chi connectivity index (χ0n) is 13.7. The quantitative estimate of drug-likeness (QED) is 0.669. The number of hydrogen-bond acceptors (Lipinski definition) is 5. The Bertz CT molecular complexity index is 813. The molecule has 0 saturated heterocycles. The number of ether oxygens (including phenoxy) is 1. The predicted octanol–water partition coefficient (Wildman–Crippen LogP) is 0.975. The number of hydrogen-bond donors (Lipinski definition) is 3. The van der Waals surface area contributed by atoms with Gasteiger partial charge in [-0.1, -0.05) is 18.2 Å². The van der Waals surface area contributed by atoms with Gasteiger partial charge in [0.1, 0.15) is 13.2 Å². The lowest BCUT2D eigenvalue weighted by molar-refractivity contribution is -0.129. The summed E-state index contributed by atoms with van der Waals surface area (Å²) < 4.78 is 4.98. The second kappa shape index (κ2) is 9.56. The van der Waals surface area contributed by atoms with E-state index in [1.165, 1.54) is 0 Å². The molecule has 8 nitrogen and oxygen atoms in total. The molecule has 0 fully saturated rings. The van der Waals surface area contributed by atoms with E-state index in [2.05, 4.69) is 16.2 Å². The van der Waals surface area contributed by atoms with E-state index in [0.29, 0.717) is 16.8 Å². The fraction of sp³-hybridized carbons (Fsp3) is 0.111. The highest BCUT2D eigenvalue weighted by Crippen LogP contribution is 2.08. The summed E-state index contributed by atoms with van der Waals surface area (Å²) in [6, 6.07) is 16.7. The van der Waals surface area contributed by atoms with Gasteiger partial charge in [0.05, 0.1) is 11.6 Å². The molecule has 132 valence electrons. The van der Waals surface area contributed by atoms with Crippen molar-refractivity contribution < 1.29 is 19.1 Å². The monoisotopic (exact) mass is 352 g/mol. The summed E-state index contributed by atoms with van der Waals surface area (Å²) in [5.74, 6) is -1.51. The highest BCUT2D eigenvalue weighted by atomic mass is 16.5. The van der Waals surface area contributed by atoms with E-state index in [9.17, 15) is 14.4 Å². The van der Waals surface area contributed by atoms with Crippen molar-refractivity contribution >= 4 is 23.4 Å². The van der Waals surface area contributed by atoms with Crippen molar-refractivity contribution in [1.82, 2.24) is 10.9 Å². The molecular weight excluding hydrogens is 336 g/mol. The maximum atomic E-state index is 11.7. The normalized spacial score (nSPS) is 9.65. The largest absolute Gasteiger partial charge is 0.362 e. The first-order valence-corrected chi connectivity index (χ1v) is 7.60. The van der Waals surface area contributed by atoms with Crippen LogP contribution in [0, 0.1) is 11.3 Å². The second-order valence-electron chi connectivity index (χ2n) is 5.10. The van der Waals surface area contributed by atoms with E-state index in [0.717, 1.165) is 0 Å². The molecule has 0 aliphatic carbocycles. The van der Waals surface area contributed by atoms with Gasteiger partial charge in [0.15, 0.2) is 0 Å². The molecule has 0 heterocycles. The van der Waals surface area contributed by atoms with Crippen LogP contribution in [0.1, 0.15) is 15.9 Å². The maximum absolute atomic E-state index is 11.7. The first-order chi connectivity index (χ1) is 12.6. The number of nitrogens with one attached hydrogen (secondary N) is 3. The SMILES string of the molecule is N#Cc1ccc(NC(=O)COCC(=O)NNC(=O)c2ccccc2)cc1. The Balaban J connectivity index is 1.65. The number of nitriles is 1. The fourth-order valence-corrected chi connectivity index (χ4v) is 1.89. The minimum atomic E-state index is -0.597. The smallest absolute Gasteiger partial charge is 0.269 e. The topological polar surface area (TPSA) is 120 Å². The second-order valence-corrected chi connectivity index (χ2v) is 5.10. The Morgan fingerprint density at radius 3 is 2.19 bits per heavy atom. The summed E-state index contributed by atoms with van der Waals surface area (Å²) in [6.07, 6.45) is 0. The van der Waals surface area contributed by atoms with Crippen molar-refractivity contribution in [2.24, 2.45) is 0 Å². The lowest BCUT2D eigenvalue weighted by Gasteiger charge is -2.08. The van der Waals surface area contributed by atoms with Crippen LogP contribution in [0.2, 0.25) is 0 Å². The van der Waals surface area contributed by atoms with Crippen molar-refractivity contribution in [3.05, 3.63) is 65.7 Å². The third-order valence-corrected chi connectivity index (χ3v) is 3.12. The van der Waals surface area contributed by atoms with Crippen LogP contribution < -0.4 is 16.2 Å². The average Bonchev–Trinajstić information content (AvgIpc) is 2.67. The molecule has 0 unspecified atom stereocenters. The molecule has 2 rings (SSSR count). The molecule has 0 aromatic heterocycles. The number of nitrogens with zero attached hydrogens (tertiary/aromatic N) is 1. The molecule has 0 saturated carbocycles. The van der Waals surface area contributed by atoms with Crippen LogP contribution in [-0.4, -0.2) is 30.9 Å². The number of rotatable bonds is 6. The summed E-state index contributed by atoms with van der Waals surface area (Å²) in [7, 11) is 0. The molecule has 2 aromatic carbocycles. The van der Waals surface area contributed by atoms with Crippen LogP contribution in [0.4, 0.5) is 5.69 Å². The van der Waals surface area contributed by atoms with Gasteiger partial charge >= 0.3 is 0 Å². The number of carbonyl (C=O) groups is 3. The maximum Gasteiger partial charge on any atom is 0.269 e. The van der Waals surface area contributed by atoms with Crippen LogP contribution in [0.3, 0.4) is 0 Å². The summed E-state index contributed by atoms with van der Waals surface area (Å²) >= 11 is 0. The standard InChI is InChI=1S/C18H16N4O4/c19-10-13-6-8-15(9-7-13)20-16(23)11-26-12-17(24)21-22-18(25)14-4-2-1-3-5-14/h1-9H,11-12H2,(H,20,23)(H,21,24)(H,22,25). The number of carbonyl (C=O) groups excluding carboxylic acids is 3. The number of anilines is 1. The molecule has 0 aliphatic rings. The average molecular weight is 352 g/mol. The zero-order chi connectivity index (χ0) is 18.8. The van der Waals surface area contributed by atoms with Crippen molar-refractivity contribution in [1.29, 1.82) is 5.26 Å². The zero-order valence-corrected chi connectivity index (χ0v) is 13.7. The number of hydrazine groups is 1. The lowest BCUT2D eigenvalue weighted by atomic mass is 10.2. The van der Waals surface area contributed by atoms with Crippen molar-refractivity contribution in [2.75, 3.05) is 18.5 Å². The van der Waals surface area contributed by atoms with Gasteiger partial charge in [-0.2, -0.15) is 5.26 Å². The minimum absolute atomic E-state index is 0.333. The Morgan fingerprint density at radius 1 is 0.885 bits per heavy atom. The minimum Gasteiger partial charge on any atom is -0.362 e. The van der Waals surface area contributed by atoms with Crippen molar-refractivity contribution in [3.8, 4) is 6.07 Å². The molecule has 0 spiro atoms. The molecule has 2 aromatic rings. The Hall–Kier alpha value is -3.70. The summed E-state index contributed by atoms with van der Waals surface area (Å²) in [5.41, 5.74) is 5.82. The number of amides is 3. The van der Waals surface area contributed by atoms with E-state index >= 15 is 0 Å². The van der Waals surface area contributed by atoms with E-state index < -0.39 is 24.3 Å².